The molecule has 1 aromatic rings. The van der Waals surface area contributed by atoms with Crippen LogP contribution in [0.15, 0.2) is 46.5 Å². The van der Waals surface area contributed by atoms with Crippen LogP contribution in [0.25, 0.3) is 0 Å². The fourth-order valence-electron chi connectivity index (χ4n) is 4.86. The molecule has 2 rings (SSSR count). The molecule has 43 heavy (non-hydrogen) atoms. The molecule has 1 aliphatic heterocycles. The highest BCUT2D eigenvalue weighted by atomic mass is 35.5. The first-order valence-electron chi connectivity index (χ1n) is 13.7. The highest BCUT2D eigenvalue weighted by Gasteiger charge is 2.31. The molecule has 6 atom stereocenters. The summed E-state index contributed by atoms with van der Waals surface area (Å²) in [5.41, 5.74) is 6.13. The SMILES string of the molecule is CO[C@H]1C=CC=C(C)C(=O)Nc2cc(O)c(N=CCCl)c(c2O)C[C@H](C)C[C@H](OC)[C@H](O)[C@@H](C)C=C(CO)[C@@H]1OC(N)=O. The number of nitrogens with one attached hydrogen (secondary N) is 1. The number of carbonyl (C=O) groups is 2. The van der Waals surface area contributed by atoms with E-state index in [0.717, 1.165) is 0 Å². The number of ether oxygens (including phenoxy) is 3. The maximum absolute atomic E-state index is 13.0. The van der Waals surface area contributed by atoms with E-state index in [2.05, 4.69) is 10.3 Å². The third kappa shape index (κ3) is 9.80. The normalized spacial score (nSPS) is 26.1. The number of aliphatic hydroxyl groups is 2. The second kappa shape index (κ2) is 17.0. The van der Waals surface area contributed by atoms with Crippen LogP contribution in [0.3, 0.4) is 0 Å². The third-order valence-electron chi connectivity index (χ3n) is 7.14. The minimum Gasteiger partial charge on any atom is -0.506 e. The maximum Gasteiger partial charge on any atom is 0.405 e. The van der Waals surface area contributed by atoms with Crippen LogP contribution in [-0.4, -0.2) is 89.8 Å². The van der Waals surface area contributed by atoms with Gasteiger partial charge in [-0.15, -0.1) is 11.6 Å². The maximum atomic E-state index is 13.0. The highest BCUT2D eigenvalue weighted by molar-refractivity contribution is 6.24. The van der Waals surface area contributed by atoms with E-state index in [1.54, 1.807) is 13.0 Å². The van der Waals surface area contributed by atoms with Crippen molar-refractivity contribution >= 4 is 41.2 Å². The second-order valence-corrected chi connectivity index (χ2v) is 10.7. The van der Waals surface area contributed by atoms with E-state index in [9.17, 15) is 30.0 Å². The Morgan fingerprint density at radius 2 is 1.95 bits per heavy atom. The molecule has 0 unspecified atom stereocenters. The van der Waals surface area contributed by atoms with Crippen LogP contribution in [0.4, 0.5) is 16.2 Å². The molecule has 2 amide bonds. The van der Waals surface area contributed by atoms with Gasteiger partial charge in [0.15, 0.2) is 6.10 Å². The van der Waals surface area contributed by atoms with E-state index >= 15 is 0 Å². The summed E-state index contributed by atoms with van der Waals surface area (Å²) in [6.45, 7) is 4.59. The number of primary amides is 1. The molecule has 1 heterocycles. The Kier molecular flexibility index (Phi) is 14.2. The van der Waals surface area contributed by atoms with Crippen LogP contribution in [0.2, 0.25) is 0 Å². The minimum absolute atomic E-state index is 0.0254. The molecule has 0 saturated heterocycles. The summed E-state index contributed by atoms with van der Waals surface area (Å²) in [7, 11) is 2.82. The highest BCUT2D eigenvalue weighted by Crippen LogP contribution is 2.44. The number of hydrogen-bond acceptors (Lipinski definition) is 10. The van der Waals surface area contributed by atoms with Crippen LogP contribution < -0.4 is 11.1 Å². The average molecular weight is 624 g/mol. The van der Waals surface area contributed by atoms with Gasteiger partial charge in [0.25, 0.3) is 5.91 Å². The third-order valence-corrected chi connectivity index (χ3v) is 7.28. The van der Waals surface area contributed by atoms with Gasteiger partial charge in [0.05, 0.1) is 30.4 Å². The first kappa shape index (κ1) is 35.8. The van der Waals surface area contributed by atoms with Crippen LogP contribution in [0, 0.1) is 11.8 Å². The Morgan fingerprint density at radius 3 is 2.53 bits per heavy atom. The van der Waals surface area contributed by atoms with Crippen LogP contribution in [0.5, 0.6) is 11.5 Å². The van der Waals surface area contributed by atoms with E-state index in [4.69, 9.17) is 31.5 Å². The number of fused-ring (bicyclic) bond motifs is 2. The van der Waals surface area contributed by atoms with Gasteiger partial charge >= 0.3 is 6.09 Å². The van der Waals surface area contributed by atoms with Gasteiger partial charge in [-0.05, 0) is 31.3 Å². The lowest BCUT2D eigenvalue weighted by Gasteiger charge is -2.30. The Bertz CT molecular complexity index is 1250. The molecule has 12 nitrogen and oxygen atoms in total. The zero-order valence-electron chi connectivity index (χ0n) is 25.0. The van der Waals surface area contributed by atoms with Gasteiger partial charge in [0.1, 0.15) is 23.3 Å². The second-order valence-electron chi connectivity index (χ2n) is 10.4. The summed E-state index contributed by atoms with van der Waals surface area (Å²) in [6.07, 6.45) is 3.00. The molecule has 0 spiro atoms. The van der Waals surface area contributed by atoms with Crippen LogP contribution >= 0.6 is 11.6 Å². The van der Waals surface area contributed by atoms with Gasteiger partial charge in [0, 0.05) is 43.6 Å². The molecule has 7 N–H and O–H groups in total. The Balaban J connectivity index is 2.72. The molecule has 1 aromatic carbocycles. The van der Waals surface area contributed by atoms with E-state index in [-0.39, 0.29) is 57.8 Å². The van der Waals surface area contributed by atoms with Crippen LogP contribution in [-0.2, 0) is 25.4 Å². The number of anilines is 1. The number of rotatable bonds is 6. The average Bonchev–Trinajstić information content (AvgIpc) is 2.96. The number of hydrogen-bond donors (Lipinski definition) is 6. The number of phenolic OH excluding ortho intramolecular Hbond substituents is 2. The monoisotopic (exact) mass is 623 g/mol. The molecule has 0 fully saturated rings. The van der Waals surface area contributed by atoms with Crippen molar-refractivity contribution in [2.45, 2.75) is 58.0 Å². The van der Waals surface area contributed by atoms with Gasteiger partial charge in [-0.3, -0.25) is 9.79 Å². The molecule has 0 aromatic heterocycles. The van der Waals surface area contributed by atoms with E-state index in [0.29, 0.717) is 6.42 Å². The lowest BCUT2D eigenvalue weighted by molar-refractivity contribution is -0.112. The van der Waals surface area contributed by atoms with Crippen molar-refractivity contribution < 1.29 is 44.2 Å². The van der Waals surface area contributed by atoms with Crippen molar-refractivity contribution in [3.63, 3.8) is 0 Å². The van der Waals surface area contributed by atoms with Gasteiger partial charge in [-0.25, -0.2) is 4.79 Å². The molecule has 238 valence electrons. The number of nitrogens with two attached hydrogens (primary N) is 1. The molecule has 1 aliphatic rings. The zero-order chi connectivity index (χ0) is 32.3. The summed E-state index contributed by atoms with van der Waals surface area (Å²) < 4.78 is 16.4. The van der Waals surface area contributed by atoms with Crippen molar-refractivity contribution in [1.29, 1.82) is 0 Å². The Hall–Kier alpha value is -3.42. The number of phenols is 2. The molecule has 13 heteroatoms. The number of amides is 2. The fraction of sp³-hybridized carbons (Fsp3) is 0.500. The molecule has 2 bridgehead atoms. The summed E-state index contributed by atoms with van der Waals surface area (Å²) in [5, 5.41) is 46.0. The summed E-state index contributed by atoms with van der Waals surface area (Å²) in [6, 6.07) is 1.20. The summed E-state index contributed by atoms with van der Waals surface area (Å²) in [4.78, 5) is 29.0. The van der Waals surface area contributed by atoms with Gasteiger partial charge in [0.2, 0.25) is 0 Å². The summed E-state index contributed by atoms with van der Waals surface area (Å²) in [5.74, 6) is -1.86. The number of aromatic hydroxyl groups is 2. The van der Waals surface area contributed by atoms with Gasteiger partial charge in [-0.2, -0.15) is 0 Å². The van der Waals surface area contributed by atoms with Crippen molar-refractivity contribution in [3.05, 3.63) is 47.1 Å². The van der Waals surface area contributed by atoms with Gasteiger partial charge < -0.3 is 45.7 Å². The first-order valence-corrected chi connectivity index (χ1v) is 14.3. The number of benzene rings is 1. The molecular weight excluding hydrogens is 582 g/mol. The van der Waals surface area contributed by atoms with Crippen molar-refractivity contribution in [2.75, 3.05) is 32.0 Å². The Morgan fingerprint density at radius 1 is 1.26 bits per heavy atom. The zero-order valence-corrected chi connectivity index (χ0v) is 25.7. The number of nitrogens with zero attached hydrogens (tertiary/aromatic N) is 1. The predicted molar refractivity (Wildman–Crippen MR) is 164 cm³/mol. The number of methoxy groups -OCH3 is 2. The predicted octanol–water partition coefficient (Wildman–Crippen LogP) is 3.47. The van der Waals surface area contributed by atoms with E-state index in [1.807, 2.05) is 6.92 Å². The number of aliphatic hydroxyl groups excluding tert-OH is 2. The minimum atomic E-state index is -1.14. The van der Waals surface area contributed by atoms with E-state index in [1.165, 1.54) is 51.7 Å². The fourth-order valence-corrected chi connectivity index (χ4v) is 4.93. The van der Waals surface area contributed by atoms with Crippen LogP contribution in [0.1, 0.15) is 32.8 Å². The largest absolute Gasteiger partial charge is 0.506 e. The van der Waals surface area contributed by atoms with Gasteiger partial charge in [-0.1, -0.05) is 38.2 Å². The van der Waals surface area contributed by atoms with E-state index < -0.39 is 48.9 Å². The van der Waals surface area contributed by atoms with Crippen molar-refractivity contribution in [2.24, 2.45) is 22.6 Å². The number of allylic oxidation sites excluding steroid dienone is 2. The standard InChI is InChI=1S/C30H42ClN3O9/c1-16-11-20-25(33-10-9-31)22(36)14-21(27(20)38)34-29(39)17(2)7-6-8-23(41-4)28(43-30(32)40)19(15-35)13-18(3)26(37)24(12-16)42-5/h6-8,10,13-14,16,18,23-24,26,28,35-38H,9,11-12,15H2,1-5H3,(H2,32,40)(H,34,39)/t16-,18-,23-,24-,26+,28-/m0/s1. The lowest BCUT2D eigenvalue weighted by Crippen LogP contribution is -2.38. The molecular formula is C30H42ClN3O9. The lowest BCUT2D eigenvalue weighted by atomic mass is 9.87. The topological polar surface area (TPSA) is 193 Å². The quantitative estimate of drug-likeness (QED) is 0.0904. The van der Waals surface area contributed by atoms with Crippen molar-refractivity contribution in [1.82, 2.24) is 0 Å². The Labute approximate surface area is 256 Å². The number of carbonyl (C=O) groups excluding carboxylic acids is 2. The van der Waals surface area contributed by atoms with Crippen molar-refractivity contribution in [3.8, 4) is 11.5 Å². The number of halogens is 1. The molecule has 0 saturated carbocycles. The molecule has 0 aliphatic carbocycles. The number of alkyl halides is 1. The number of aliphatic imine (C=N–C) groups is 1. The first-order chi connectivity index (χ1) is 20.4. The molecule has 0 radical (unpaired) electrons. The smallest absolute Gasteiger partial charge is 0.405 e. The summed E-state index contributed by atoms with van der Waals surface area (Å²) >= 11 is 5.77.